The lowest BCUT2D eigenvalue weighted by Crippen LogP contribution is -2.45. The van der Waals surface area contributed by atoms with Crippen molar-refractivity contribution >= 4 is 17.1 Å². The molecule has 2 aromatic rings. The van der Waals surface area contributed by atoms with E-state index in [1.54, 1.807) is 0 Å². The van der Waals surface area contributed by atoms with Gasteiger partial charge >= 0.3 is 0 Å². The Morgan fingerprint density at radius 2 is 1.79 bits per heavy atom. The number of allylic oxidation sites excluding steroid dienone is 1. The van der Waals surface area contributed by atoms with Crippen LogP contribution < -0.4 is 0 Å². The fourth-order valence-corrected chi connectivity index (χ4v) is 4.52. The second-order valence-electron chi connectivity index (χ2n) is 8.14. The van der Waals surface area contributed by atoms with Crippen LogP contribution in [-0.2, 0) is 29.0 Å². The van der Waals surface area contributed by atoms with Gasteiger partial charge in [0.15, 0.2) is 5.78 Å². The molecule has 5 rings (SSSR count). The smallest absolute Gasteiger partial charge is 0.171 e. The van der Waals surface area contributed by atoms with Crippen molar-refractivity contribution in [3.8, 4) is 0 Å². The number of rotatable bonds is 3. The Bertz CT molecular complexity index is 955. The minimum atomic E-state index is 0.170. The largest absolute Gasteiger partial charge is 0.487 e. The van der Waals surface area contributed by atoms with Gasteiger partial charge in [-0.3, -0.25) is 4.79 Å². The normalized spacial score (nSPS) is 22.2. The Morgan fingerprint density at radius 3 is 2.64 bits per heavy atom. The summed E-state index contributed by atoms with van der Waals surface area (Å²) in [7, 11) is 2.19. The average molecular weight is 374 g/mol. The zero-order chi connectivity index (χ0) is 19.1. The SMILES string of the molecule is CN1CCN(CCc2ccc3c(c2)CO/C3=C2/C(=O)Cc3ccccc32)CC1. The number of carbonyl (C=O) groups is 1. The minimum absolute atomic E-state index is 0.170. The second-order valence-corrected chi connectivity index (χ2v) is 8.14. The molecule has 2 aliphatic heterocycles. The lowest BCUT2D eigenvalue weighted by atomic mass is 9.98. The number of likely N-dealkylation sites (N-methyl/N-ethyl adjacent to an activating group) is 1. The van der Waals surface area contributed by atoms with Crippen LogP contribution in [0.15, 0.2) is 42.5 Å². The first-order valence-corrected chi connectivity index (χ1v) is 10.2. The molecule has 1 saturated heterocycles. The zero-order valence-electron chi connectivity index (χ0n) is 16.4. The van der Waals surface area contributed by atoms with Crippen molar-refractivity contribution in [1.82, 2.24) is 9.80 Å². The first-order valence-electron chi connectivity index (χ1n) is 10.2. The third-order valence-electron chi connectivity index (χ3n) is 6.24. The molecule has 0 aromatic heterocycles. The number of fused-ring (bicyclic) bond motifs is 2. The van der Waals surface area contributed by atoms with Crippen molar-refractivity contribution in [3.63, 3.8) is 0 Å². The Labute approximate surface area is 166 Å². The summed E-state index contributed by atoms with van der Waals surface area (Å²) in [6.45, 7) is 6.29. The Balaban J connectivity index is 1.37. The molecular weight excluding hydrogens is 348 g/mol. The van der Waals surface area contributed by atoms with Crippen LogP contribution in [0.4, 0.5) is 0 Å². The summed E-state index contributed by atoms with van der Waals surface area (Å²) in [6, 6.07) is 14.7. The highest BCUT2D eigenvalue weighted by molar-refractivity contribution is 6.31. The maximum atomic E-state index is 12.6. The molecule has 4 heteroatoms. The maximum absolute atomic E-state index is 12.6. The standard InChI is InChI=1S/C24H26N2O2/c1-25-10-12-26(13-11-25)9-8-17-6-7-21-19(14-17)16-28-24(21)23-20-5-3-2-4-18(20)15-22(23)27/h2-7,14H,8-13,15-16H2,1H3/b24-23+. The number of carbonyl (C=O) groups excluding carboxylic acids is 1. The monoisotopic (exact) mass is 374 g/mol. The number of hydrogen-bond donors (Lipinski definition) is 0. The fourth-order valence-electron chi connectivity index (χ4n) is 4.52. The zero-order valence-corrected chi connectivity index (χ0v) is 16.4. The molecule has 0 saturated carbocycles. The number of Topliss-reactive ketones (excluding diaryl/α,β-unsaturated/α-hetero) is 1. The van der Waals surface area contributed by atoms with Gasteiger partial charge in [0.1, 0.15) is 12.4 Å². The topological polar surface area (TPSA) is 32.8 Å². The van der Waals surface area contributed by atoms with E-state index in [1.165, 1.54) is 11.1 Å². The van der Waals surface area contributed by atoms with E-state index in [4.69, 9.17) is 4.74 Å². The van der Waals surface area contributed by atoms with Crippen LogP contribution in [0.5, 0.6) is 0 Å². The van der Waals surface area contributed by atoms with Crippen molar-refractivity contribution in [3.05, 3.63) is 70.3 Å². The quantitative estimate of drug-likeness (QED) is 0.774. The molecule has 0 bridgehead atoms. The predicted molar refractivity (Wildman–Crippen MR) is 111 cm³/mol. The summed E-state index contributed by atoms with van der Waals surface area (Å²) >= 11 is 0. The molecule has 0 N–H and O–H groups in total. The van der Waals surface area contributed by atoms with E-state index in [0.717, 1.165) is 67.2 Å². The molecule has 4 nitrogen and oxygen atoms in total. The van der Waals surface area contributed by atoms with E-state index in [-0.39, 0.29) is 5.78 Å². The maximum Gasteiger partial charge on any atom is 0.171 e. The van der Waals surface area contributed by atoms with Crippen LogP contribution in [0.1, 0.15) is 27.8 Å². The van der Waals surface area contributed by atoms with Gasteiger partial charge in [0, 0.05) is 50.3 Å². The third-order valence-corrected chi connectivity index (χ3v) is 6.24. The molecule has 0 unspecified atom stereocenters. The van der Waals surface area contributed by atoms with Crippen LogP contribution in [0.25, 0.3) is 11.3 Å². The summed E-state index contributed by atoms with van der Waals surface area (Å²) in [6.07, 6.45) is 1.54. The van der Waals surface area contributed by atoms with Gasteiger partial charge < -0.3 is 14.5 Å². The van der Waals surface area contributed by atoms with Crippen LogP contribution in [0, 0.1) is 0 Å². The molecular formula is C24H26N2O2. The summed E-state index contributed by atoms with van der Waals surface area (Å²) in [5.41, 5.74) is 6.55. The molecule has 2 heterocycles. The molecule has 0 atom stereocenters. The molecule has 1 aliphatic carbocycles. The van der Waals surface area contributed by atoms with Crippen molar-refractivity contribution in [2.75, 3.05) is 39.8 Å². The summed E-state index contributed by atoms with van der Waals surface area (Å²) in [4.78, 5) is 17.6. The lowest BCUT2D eigenvalue weighted by molar-refractivity contribution is -0.112. The van der Waals surface area contributed by atoms with Crippen molar-refractivity contribution in [2.45, 2.75) is 19.4 Å². The summed E-state index contributed by atoms with van der Waals surface area (Å²) < 4.78 is 6.04. The lowest BCUT2D eigenvalue weighted by Gasteiger charge is -2.32. The fraction of sp³-hybridized carbons (Fsp3) is 0.375. The first-order chi connectivity index (χ1) is 13.7. The van der Waals surface area contributed by atoms with Gasteiger partial charge in [0.25, 0.3) is 0 Å². The van der Waals surface area contributed by atoms with E-state index >= 15 is 0 Å². The van der Waals surface area contributed by atoms with Gasteiger partial charge in [0.05, 0.1) is 5.57 Å². The van der Waals surface area contributed by atoms with Crippen LogP contribution in [-0.4, -0.2) is 55.4 Å². The van der Waals surface area contributed by atoms with Crippen LogP contribution in [0.3, 0.4) is 0 Å². The predicted octanol–water partition coefficient (Wildman–Crippen LogP) is 3.00. The number of ketones is 1. The summed E-state index contributed by atoms with van der Waals surface area (Å²) in [5, 5.41) is 0. The Hall–Kier alpha value is -2.43. The average Bonchev–Trinajstić information content (AvgIpc) is 3.26. The van der Waals surface area contributed by atoms with E-state index < -0.39 is 0 Å². The second kappa shape index (κ2) is 7.19. The molecule has 0 spiro atoms. The third kappa shape index (κ3) is 3.17. The minimum Gasteiger partial charge on any atom is -0.487 e. The molecule has 0 radical (unpaired) electrons. The first kappa shape index (κ1) is 17.7. The van der Waals surface area contributed by atoms with Gasteiger partial charge in [-0.2, -0.15) is 0 Å². The highest BCUT2D eigenvalue weighted by Crippen LogP contribution is 2.40. The van der Waals surface area contributed by atoms with Crippen molar-refractivity contribution in [2.24, 2.45) is 0 Å². The Kier molecular flexibility index (Phi) is 4.53. The molecule has 3 aliphatic rings. The highest BCUT2D eigenvalue weighted by atomic mass is 16.5. The molecule has 0 amide bonds. The van der Waals surface area contributed by atoms with Crippen LogP contribution >= 0.6 is 0 Å². The van der Waals surface area contributed by atoms with Gasteiger partial charge in [-0.25, -0.2) is 0 Å². The van der Waals surface area contributed by atoms with Gasteiger partial charge in [-0.05, 0) is 30.2 Å². The van der Waals surface area contributed by atoms with E-state index in [9.17, 15) is 4.79 Å². The highest BCUT2D eigenvalue weighted by Gasteiger charge is 2.32. The van der Waals surface area contributed by atoms with Crippen LogP contribution in [0.2, 0.25) is 0 Å². The van der Waals surface area contributed by atoms with E-state index in [0.29, 0.717) is 13.0 Å². The van der Waals surface area contributed by atoms with E-state index in [1.807, 2.05) is 24.3 Å². The number of hydrogen-bond acceptors (Lipinski definition) is 4. The van der Waals surface area contributed by atoms with Crippen molar-refractivity contribution in [1.29, 1.82) is 0 Å². The number of benzene rings is 2. The van der Waals surface area contributed by atoms with Gasteiger partial charge in [-0.15, -0.1) is 0 Å². The molecule has 28 heavy (non-hydrogen) atoms. The van der Waals surface area contributed by atoms with Gasteiger partial charge in [-0.1, -0.05) is 42.5 Å². The van der Waals surface area contributed by atoms with E-state index in [2.05, 4.69) is 35.0 Å². The number of nitrogens with zero attached hydrogens (tertiary/aromatic N) is 2. The van der Waals surface area contributed by atoms with Crippen molar-refractivity contribution < 1.29 is 9.53 Å². The molecule has 2 aromatic carbocycles. The van der Waals surface area contributed by atoms with Gasteiger partial charge in [0.2, 0.25) is 0 Å². The molecule has 1 fully saturated rings. The molecule has 144 valence electrons. The summed E-state index contributed by atoms with van der Waals surface area (Å²) in [5.74, 6) is 0.943. The number of ether oxygens (including phenoxy) is 1. The number of piperazine rings is 1. The Morgan fingerprint density at radius 1 is 0.964 bits per heavy atom.